The van der Waals surface area contributed by atoms with Gasteiger partial charge in [-0.3, -0.25) is 5.10 Å². The molecule has 3 rings (SSSR count). The van der Waals surface area contributed by atoms with E-state index in [0.717, 1.165) is 43.7 Å². The summed E-state index contributed by atoms with van der Waals surface area (Å²) >= 11 is 0. The zero-order chi connectivity index (χ0) is 13.8. The molecule has 5 nitrogen and oxygen atoms in total. The van der Waals surface area contributed by atoms with E-state index in [0.29, 0.717) is 6.04 Å². The van der Waals surface area contributed by atoms with E-state index in [4.69, 9.17) is 4.98 Å². The van der Waals surface area contributed by atoms with Crippen LogP contribution in [0.2, 0.25) is 0 Å². The van der Waals surface area contributed by atoms with E-state index >= 15 is 0 Å². The van der Waals surface area contributed by atoms with Crippen molar-refractivity contribution in [2.45, 2.75) is 57.9 Å². The number of anilines is 1. The number of aromatic amines is 1. The smallest absolute Gasteiger partial charge is 0.244 e. The monoisotopic (exact) mass is 277 g/mol. The lowest BCUT2D eigenvalue weighted by atomic mass is 9.96. The average molecular weight is 277 g/mol. The Bertz CT molecular complexity index is 408. The Morgan fingerprint density at radius 3 is 2.75 bits per heavy atom. The summed E-state index contributed by atoms with van der Waals surface area (Å²) in [6.07, 6.45) is 9.41. The Morgan fingerprint density at radius 2 is 2.00 bits per heavy atom. The highest BCUT2D eigenvalue weighted by Crippen LogP contribution is 2.25. The van der Waals surface area contributed by atoms with Gasteiger partial charge in [0, 0.05) is 32.1 Å². The standard InChI is InChI=1S/C15H27N5/c1-12-11-20(9-8-16-12)15-17-14(18-19-15)10-13-6-4-2-3-5-7-13/h12-13,16H,2-11H2,1H3,(H,17,18,19)/t12-/m0/s1. The van der Waals surface area contributed by atoms with Gasteiger partial charge in [-0.1, -0.05) is 38.5 Å². The van der Waals surface area contributed by atoms with Gasteiger partial charge in [-0.2, -0.15) is 4.98 Å². The molecule has 20 heavy (non-hydrogen) atoms. The fourth-order valence-electron chi connectivity index (χ4n) is 3.47. The molecule has 1 aromatic heterocycles. The fraction of sp³-hybridized carbons (Fsp3) is 0.867. The quantitative estimate of drug-likeness (QED) is 0.831. The summed E-state index contributed by atoms with van der Waals surface area (Å²) in [5.74, 6) is 2.78. The summed E-state index contributed by atoms with van der Waals surface area (Å²) in [6.45, 7) is 5.24. The minimum Gasteiger partial charge on any atom is -0.337 e. The highest BCUT2D eigenvalue weighted by molar-refractivity contribution is 5.30. The third-order valence-corrected chi connectivity index (χ3v) is 4.63. The Hall–Kier alpha value is -1.10. The van der Waals surface area contributed by atoms with Gasteiger partial charge in [0.15, 0.2) is 0 Å². The van der Waals surface area contributed by atoms with E-state index in [9.17, 15) is 0 Å². The highest BCUT2D eigenvalue weighted by Gasteiger charge is 2.20. The lowest BCUT2D eigenvalue weighted by molar-refractivity contribution is 0.448. The zero-order valence-corrected chi connectivity index (χ0v) is 12.6. The van der Waals surface area contributed by atoms with Crippen LogP contribution >= 0.6 is 0 Å². The van der Waals surface area contributed by atoms with E-state index in [1.54, 1.807) is 0 Å². The summed E-state index contributed by atoms with van der Waals surface area (Å²) in [4.78, 5) is 7.01. The molecule has 0 aromatic carbocycles. The lowest BCUT2D eigenvalue weighted by Gasteiger charge is -2.30. The maximum atomic E-state index is 4.72. The minimum absolute atomic E-state index is 0.521. The third kappa shape index (κ3) is 3.51. The SMILES string of the molecule is C[C@H]1CN(c2n[nH]c(CC3CCCCCC3)n2)CCN1. The van der Waals surface area contributed by atoms with Gasteiger partial charge in [-0.15, -0.1) is 5.10 Å². The first-order valence-electron chi connectivity index (χ1n) is 8.21. The summed E-state index contributed by atoms with van der Waals surface area (Å²) in [5.41, 5.74) is 0. The second-order valence-electron chi connectivity index (χ2n) is 6.45. The van der Waals surface area contributed by atoms with E-state index in [2.05, 4.69) is 27.3 Å². The first-order valence-corrected chi connectivity index (χ1v) is 8.21. The second-order valence-corrected chi connectivity index (χ2v) is 6.45. The van der Waals surface area contributed by atoms with E-state index in [1.807, 2.05) is 0 Å². The molecule has 1 saturated carbocycles. The van der Waals surface area contributed by atoms with Crippen molar-refractivity contribution in [2.75, 3.05) is 24.5 Å². The molecule has 0 bridgehead atoms. The van der Waals surface area contributed by atoms with Gasteiger partial charge >= 0.3 is 0 Å². The van der Waals surface area contributed by atoms with Crippen LogP contribution < -0.4 is 10.2 Å². The molecule has 1 aliphatic carbocycles. The molecule has 2 N–H and O–H groups in total. The molecular weight excluding hydrogens is 250 g/mol. The summed E-state index contributed by atoms with van der Waals surface area (Å²) in [7, 11) is 0. The van der Waals surface area contributed by atoms with Crippen molar-refractivity contribution in [1.82, 2.24) is 20.5 Å². The topological polar surface area (TPSA) is 56.8 Å². The van der Waals surface area contributed by atoms with Crippen LogP contribution in [0.4, 0.5) is 5.95 Å². The number of aromatic nitrogens is 3. The van der Waals surface area contributed by atoms with Crippen LogP contribution in [0.1, 0.15) is 51.3 Å². The van der Waals surface area contributed by atoms with Gasteiger partial charge in [0.05, 0.1) is 0 Å². The van der Waals surface area contributed by atoms with Crippen LogP contribution in [0, 0.1) is 5.92 Å². The summed E-state index contributed by atoms with van der Waals surface area (Å²) < 4.78 is 0. The molecule has 2 fully saturated rings. The number of rotatable bonds is 3. The molecule has 112 valence electrons. The maximum absolute atomic E-state index is 4.72. The molecule has 0 radical (unpaired) electrons. The number of nitrogens with zero attached hydrogens (tertiary/aromatic N) is 3. The van der Waals surface area contributed by atoms with Crippen molar-refractivity contribution < 1.29 is 0 Å². The predicted octanol–water partition coefficient (Wildman–Crippen LogP) is 2.12. The van der Waals surface area contributed by atoms with E-state index < -0.39 is 0 Å². The number of piperazine rings is 1. The number of H-pyrrole nitrogens is 1. The van der Waals surface area contributed by atoms with Crippen LogP contribution in [0.15, 0.2) is 0 Å². The second kappa shape index (κ2) is 6.57. The first-order chi connectivity index (χ1) is 9.81. The Kier molecular flexibility index (Phi) is 4.55. The van der Waals surface area contributed by atoms with Crippen molar-refractivity contribution in [3.8, 4) is 0 Å². The summed E-state index contributed by atoms with van der Waals surface area (Å²) in [5, 5.41) is 11.0. The fourth-order valence-corrected chi connectivity index (χ4v) is 3.47. The molecule has 2 heterocycles. The Morgan fingerprint density at radius 1 is 1.20 bits per heavy atom. The van der Waals surface area contributed by atoms with Crippen LogP contribution in [0.3, 0.4) is 0 Å². The van der Waals surface area contributed by atoms with Crippen molar-refractivity contribution >= 4 is 5.95 Å². The van der Waals surface area contributed by atoms with Crippen molar-refractivity contribution in [1.29, 1.82) is 0 Å². The maximum Gasteiger partial charge on any atom is 0.244 e. The van der Waals surface area contributed by atoms with Gasteiger partial charge < -0.3 is 10.2 Å². The largest absolute Gasteiger partial charge is 0.337 e. The normalized spacial score (nSPS) is 25.6. The molecule has 0 unspecified atom stereocenters. The Balaban J connectivity index is 1.58. The number of hydrogen-bond donors (Lipinski definition) is 2. The van der Waals surface area contributed by atoms with Crippen LogP contribution in [-0.2, 0) is 6.42 Å². The van der Waals surface area contributed by atoms with Crippen LogP contribution in [0.5, 0.6) is 0 Å². The third-order valence-electron chi connectivity index (χ3n) is 4.63. The van der Waals surface area contributed by atoms with Gasteiger partial charge in [-0.25, -0.2) is 0 Å². The molecule has 0 amide bonds. The van der Waals surface area contributed by atoms with Gasteiger partial charge in [0.1, 0.15) is 5.82 Å². The zero-order valence-electron chi connectivity index (χ0n) is 12.6. The number of hydrogen-bond acceptors (Lipinski definition) is 4. The van der Waals surface area contributed by atoms with Gasteiger partial charge in [0.2, 0.25) is 5.95 Å². The van der Waals surface area contributed by atoms with Gasteiger partial charge in [-0.05, 0) is 12.8 Å². The molecule has 0 spiro atoms. The lowest BCUT2D eigenvalue weighted by Crippen LogP contribution is -2.49. The van der Waals surface area contributed by atoms with Crippen LogP contribution in [-0.4, -0.2) is 40.9 Å². The highest BCUT2D eigenvalue weighted by atomic mass is 15.4. The van der Waals surface area contributed by atoms with Crippen molar-refractivity contribution in [3.63, 3.8) is 0 Å². The van der Waals surface area contributed by atoms with Crippen LogP contribution in [0.25, 0.3) is 0 Å². The predicted molar refractivity (Wildman–Crippen MR) is 81.0 cm³/mol. The van der Waals surface area contributed by atoms with E-state index in [1.165, 1.54) is 38.5 Å². The van der Waals surface area contributed by atoms with Crippen molar-refractivity contribution in [3.05, 3.63) is 5.82 Å². The minimum atomic E-state index is 0.521. The molecule has 2 aliphatic rings. The Labute approximate surface area is 121 Å². The molecule has 1 aromatic rings. The molecule has 5 heteroatoms. The van der Waals surface area contributed by atoms with Crippen molar-refractivity contribution in [2.24, 2.45) is 5.92 Å². The molecular formula is C15H27N5. The molecule has 1 atom stereocenters. The van der Waals surface area contributed by atoms with E-state index in [-0.39, 0.29) is 0 Å². The van der Waals surface area contributed by atoms with Gasteiger partial charge in [0.25, 0.3) is 0 Å². The average Bonchev–Trinajstić information content (AvgIpc) is 2.75. The molecule has 1 saturated heterocycles. The first kappa shape index (κ1) is 13.9. The summed E-state index contributed by atoms with van der Waals surface area (Å²) in [6, 6.07) is 0.521. The molecule has 1 aliphatic heterocycles. The number of nitrogens with one attached hydrogen (secondary N) is 2.